The first-order valence-electron chi connectivity index (χ1n) is 19.6. The van der Waals surface area contributed by atoms with Crippen molar-refractivity contribution in [3.63, 3.8) is 0 Å². The minimum atomic E-state index is -2.96. The van der Waals surface area contributed by atoms with Crippen LogP contribution in [-0.4, -0.2) is 29.8 Å². The van der Waals surface area contributed by atoms with Gasteiger partial charge in [0.15, 0.2) is 0 Å². The standard InChI is InChI=1S/C51H48O2Si2/c1-7-28-45(29-8-1)54(46-30-9-2-10-31-46,47-32-11-3-12-33-47)52-41-23-40-51(43-24-19-20-25-43,44-26-21-22-27-44)42-53-55(48-34-13-4-14-35-48,49-36-15-5-16-37-49)50-38-17-6-18-39-50/h1-22,24,26,28-39H,23,25,27,40-42H2. The molecule has 0 heterocycles. The van der Waals surface area contributed by atoms with Gasteiger partial charge >= 0.3 is 0 Å². The Bertz CT molecular complexity index is 2030. The molecular weight excluding hydrogens is 701 g/mol. The molecule has 0 saturated carbocycles. The Morgan fingerprint density at radius 1 is 0.400 bits per heavy atom. The summed E-state index contributed by atoms with van der Waals surface area (Å²) in [6.45, 7) is 1.21. The lowest BCUT2D eigenvalue weighted by Gasteiger charge is -2.42. The van der Waals surface area contributed by atoms with Gasteiger partial charge in [0.25, 0.3) is 16.6 Å². The summed E-state index contributed by atoms with van der Waals surface area (Å²) in [5.74, 6) is 0. The van der Waals surface area contributed by atoms with Gasteiger partial charge in [-0.15, -0.1) is 0 Å². The molecule has 8 rings (SSSR count). The lowest BCUT2D eigenvalue weighted by atomic mass is 9.70. The maximum Gasteiger partial charge on any atom is 0.288 e. The molecule has 2 nitrogen and oxygen atoms in total. The largest absolute Gasteiger partial charge is 0.404 e. The topological polar surface area (TPSA) is 18.5 Å². The van der Waals surface area contributed by atoms with E-state index in [9.17, 15) is 0 Å². The molecule has 0 radical (unpaired) electrons. The molecule has 0 bridgehead atoms. The second-order valence-corrected chi connectivity index (χ2v) is 21.3. The molecule has 0 aliphatic heterocycles. The third-order valence-electron chi connectivity index (χ3n) is 11.5. The third-order valence-corrected chi connectivity index (χ3v) is 19.5. The first kappa shape index (κ1) is 36.6. The molecule has 0 spiro atoms. The van der Waals surface area contributed by atoms with Crippen LogP contribution in [0.2, 0.25) is 0 Å². The highest BCUT2D eigenvalue weighted by molar-refractivity contribution is 7.07. The van der Waals surface area contributed by atoms with E-state index in [-0.39, 0.29) is 5.41 Å². The molecule has 2 aliphatic rings. The molecule has 4 heteroatoms. The molecule has 55 heavy (non-hydrogen) atoms. The predicted molar refractivity (Wildman–Crippen MR) is 235 cm³/mol. The summed E-state index contributed by atoms with van der Waals surface area (Å²) in [6, 6.07) is 65.7. The molecule has 6 aromatic rings. The fourth-order valence-electron chi connectivity index (χ4n) is 8.76. The van der Waals surface area contributed by atoms with Gasteiger partial charge in [0.05, 0.1) is 0 Å². The number of benzene rings is 6. The second-order valence-electron chi connectivity index (χ2n) is 14.5. The average molecular weight is 749 g/mol. The van der Waals surface area contributed by atoms with Gasteiger partial charge in [0, 0.05) is 18.6 Å². The monoisotopic (exact) mass is 748 g/mol. The Morgan fingerprint density at radius 3 is 1.00 bits per heavy atom. The van der Waals surface area contributed by atoms with Gasteiger partial charge < -0.3 is 8.85 Å². The van der Waals surface area contributed by atoms with Crippen LogP contribution < -0.4 is 31.1 Å². The first-order valence-corrected chi connectivity index (χ1v) is 23.4. The summed E-state index contributed by atoms with van der Waals surface area (Å²) in [6.07, 6.45) is 17.4. The smallest absolute Gasteiger partial charge is 0.288 e. The van der Waals surface area contributed by atoms with Crippen LogP contribution in [0, 0.1) is 5.41 Å². The van der Waals surface area contributed by atoms with E-state index in [0.717, 1.165) is 25.7 Å². The van der Waals surface area contributed by atoms with Gasteiger partial charge in [0.2, 0.25) is 0 Å². The van der Waals surface area contributed by atoms with Gasteiger partial charge in [-0.1, -0.05) is 230 Å². The van der Waals surface area contributed by atoms with E-state index in [4.69, 9.17) is 8.85 Å². The minimum Gasteiger partial charge on any atom is -0.404 e. The van der Waals surface area contributed by atoms with Crippen LogP contribution >= 0.6 is 0 Å². The minimum absolute atomic E-state index is 0.302. The molecule has 0 saturated heterocycles. The Morgan fingerprint density at radius 2 is 0.709 bits per heavy atom. The van der Waals surface area contributed by atoms with Gasteiger partial charge in [-0.05, 0) is 56.8 Å². The Hall–Kier alpha value is -5.37. The van der Waals surface area contributed by atoms with Crippen LogP contribution in [0.5, 0.6) is 0 Å². The third kappa shape index (κ3) is 7.27. The summed E-state index contributed by atoms with van der Waals surface area (Å²) in [5.41, 5.74) is 2.55. The van der Waals surface area contributed by atoms with E-state index in [2.05, 4.69) is 218 Å². The van der Waals surface area contributed by atoms with E-state index in [1.165, 1.54) is 42.3 Å². The zero-order chi connectivity index (χ0) is 37.2. The first-order chi connectivity index (χ1) is 27.3. The normalized spacial score (nSPS) is 14.2. The fourth-order valence-corrected chi connectivity index (χ4v) is 16.6. The van der Waals surface area contributed by atoms with Crippen LogP contribution in [-0.2, 0) is 8.85 Å². The van der Waals surface area contributed by atoms with Crippen LogP contribution in [0.4, 0.5) is 0 Å². The molecule has 0 N–H and O–H groups in total. The van der Waals surface area contributed by atoms with Crippen molar-refractivity contribution in [1.29, 1.82) is 0 Å². The van der Waals surface area contributed by atoms with Crippen molar-refractivity contribution in [2.75, 3.05) is 13.2 Å². The van der Waals surface area contributed by atoms with E-state index < -0.39 is 16.6 Å². The Labute approximate surface area is 329 Å². The number of hydrogen-bond donors (Lipinski definition) is 0. The Kier molecular flexibility index (Phi) is 11.3. The number of allylic oxidation sites excluding steroid dienone is 6. The molecule has 2 aliphatic carbocycles. The molecule has 0 atom stereocenters. The highest BCUT2D eigenvalue weighted by Gasteiger charge is 2.47. The predicted octanol–water partition coefficient (Wildman–Crippen LogP) is 7.89. The molecule has 0 fully saturated rings. The zero-order valence-electron chi connectivity index (χ0n) is 31.3. The van der Waals surface area contributed by atoms with Crippen molar-refractivity contribution < 1.29 is 8.85 Å². The van der Waals surface area contributed by atoms with Gasteiger partial charge in [-0.25, -0.2) is 0 Å². The highest BCUT2D eigenvalue weighted by Crippen LogP contribution is 2.47. The quantitative estimate of drug-likeness (QED) is 0.0570. The van der Waals surface area contributed by atoms with E-state index in [1.54, 1.807) is 0 Å². The van der Waals surface area contributed by atoms with Crippen molar-refractivity contribution in [2.24, 2.45) is 5.41 Å². The van der Waals surface area contributed by atoms with Crippen molar-refractivity contribution in [1.82, 2.24) is 0 Å². The van der Waals surface area contributed by atoms with E-state index in [1.807, 2.05) is 0 Å². The fraction of sp³-hybridized carbons (Fsp3) is 0.137. The van der Waals surface area contributed by atoms with Gasteiger partial charge in [-0.2, -0.15) is 0 Å². The van der Waals surface area contributed by atoms with Crippen molar-refractivity contribution in [3.05, 3.63) is 230 Å². The summed E-state index contributed by atoms with van der Waals surface area (Å²) in [4.78, 5) is 0. The van der Waals surface area contributed by atoms with Crippen molar-refractivity contribution in [2.45, 2.75) is 25.7 Å². The maximum absolute atomic E-state index is 7.85. The lowest BCUT2D eigenvalue weighted by molar-refractivity contribution is 0.182. The number of hydrogen-bond acceptors (Lipinski definition) is 2. The average Bonchev–Trinajstić information content (AvgIpc) is 4.03. The zero-order valence-corrected chi connectivity index (χ0v) is 33.3. The van der Waals surface area contributed by atoms with Gasteiger partial charge in [0.1, 0.15) is 0 Å². The van der Waals surface area contributed by atoms with Gasteiger partial charge in [-0.3, -0.25) is 0 Å². The van der Waals surface area contributed by atoms with E-state index >= 15 is 0 Å². The summed E-state index contributed by atoms with van der Waals surface area (Å²) in [5, 5.41) is 7.55. The van der Waals surface area contributed by atoms with Crippen molar-refractivity contribution >= 4 is 47.8 Å². The Balaban J connectivity index is 1.18. The van der Waals surface area contributed by atoms with Crippen LogP contribution in [0.1, 0.15) is 25.7 Å². The molecule has 0 amide bonds. The molecule has 272 valence electrons. The second kappa shape index (κ2) is 17.0. The summed E-state index contributed by atoms with van der Waals surface area (Å²) >= 11 is 0. The lowest BCUT2D eigenvalue weighted by Crippen LogP contribution is -2.70. The molecular formula is C51H48O2Si2. The van der Waals surface area contributed by atoms with Crippen LogP contribution in [0.15, 0.2) is 230 Å². The molecule has 0 unspecified atom stereocenters. The number of rotatable bonds is 16. The highest BCUT2D eigenvalue weighted by atomic mass is 28.4. The van der Waals surface area contributed by atoms with Crippen LogP contribution in [0.25, 0.3) is 0 Å². The van der Waals surface area contributed by atoms with E-state index in [0.29, 0.717) is 13.2 Å². The van der Waals surface area contributed by atoms with Crippen molar-refractivity contribution in [3.8, 4) is 0 Å². The van der Waals surface area contributed by atoms with Crippen LogP contribution in [0.3, 0.4) is 0 Å². The molecule has 6 aromatic carbocycles. The maximum atomic E-state index is 7.85. The SMILES string of the molecule is C1=CCC(C(CCCO[Si](c2ccccc2)(c2ccccc2)c2ccccc2)(CO[Si](c2ccccc2)(c2ccccc2)c2ccccc2)C2=CC=CC2)=C1. The summed E-state index contributed by atoms with van der Waals surface area (Å²) in [7, 11) is -5.81. The molecule has 0 aromatic heterocycles. The summed E-state index contributed by atoms with van der Waals surface area (Å²) < 4.78 is 15.4.